The Balaban J connectivity index is 2.81. The summed E-state index contributed by atoms with van der Waals surface area (Å²) in [5.74, 6) is 0. The van der Waals surface area contributed by atoms with E-state index >= 15 is 0 Å². The average molecular weight is 186 g/mol. The van der Waals surface area contributed by atoms with Gasteiger partial charge in [-0.05, 0) is 34.9 Å². The molecular formula is C12H14N2. The predicted molar refractivity (Wildman–Crippen MR) is 62.2 cm³/mol. The van der Waals surface area contributed by atoms with Crippen LogP contribution in [0.4, 0.5) is 11.4 Å². The van der Waals surface area contributed by atoms with E-state index in [0.717, 1.165) is 11.8 Å². The fourth-order valence-corrected chi connectivity index (χ4v) is 1.73. The molecule has 0 atom stereocenters. The van der Waals surface area contributed by atoms with Gasteiger partial charge < -0.3 is 11.5 Å². The van der Waals surface area contributed by atoms with Crippen molar-refractivity contribution in [1.82, 2.24) is 0 Å². The van der Waals surface area contributed by atoms with Crippen molar-refractivity contribution in [1.29, 1.82) is 0 Å². The molecule has 2 rings (SSSR count). The number of fused-ring (bicyclic) bond motifs is 1. The van der Waals surface area contributed by atoms with E-state index in [2.05, 4.69) is 25.1 Å². The van der Waals surface area contributed by atoms with Gasteiger partial charge in [-0.25, -0.2) is 0 Å². The van der Waals surface area contributed by atoms with Gasteiger partial charge in [0.05, 0.1) is 11.4 Å². The molecule has 72 valence electrons. The highest BCUT2D eigenvalue weighted by atomic mass is 14.7. The highest BCUT2D eigenvalue weighted by Gasteiger charge is 2.01. The Labute approximate surface area is 83.5 Å². The van der Waals surface area contributed by atoms with E-state index in [1.54, 1.807) is 0 Å². The molecule has 2 nitrogen and oxygen atoms in total. The minimum Gasteiger partial charge on any atom is -0.397 e. The summed E-state index contributed by atoms with van der Waals surface area (Å²) < 4.78 is 0. The van der Waals surface area contributed by atoms with Crippen molar-refractivity contribution in [2.75, 3.05) is 11.5 Å². The first kappa shape index (κ1) is 8.88. The van der Waals surface area contributed by atoms with E-state index in [1.165, 1.54) is 10.9 Å². The SMILES string of the molecule is CCc1cccc2cc(N)c(N)cc12. The molecule has 2 aromatic carbocycles. The summed E-state index contributed by atoms with van der Waals surface area (Å²) in [5.41, 5.74) is 14.2. The molecule has 0 aromatic heterocycles. The van der Waals surface area contributed by atoms with E-state index < -0.39 is 0 Å². The van der Waals surface area contributed by atoms with Crippen molar-refractivity contribution in [3.8, 4) is 0 Å². The molecule has 2 aromatic rings. The van der Waals surface area contributed by atoms with E-state index in [-0.39, 0.29) is 0 Å². The van der Waals surface area contributed by atoms with Crippen LogP contribution in [0.3, 0.4) is 0 Å². The standard InChI is InChI=1S/C12H14N2/c1-2-8-4-3-5-9-6-11(13)12(14)7-10(8)9/h3-7H,2,13-14H2,1H3. The maximum absolute atomic E-state index is 5.78. The lowest BCUT2D eigenvalue weighted by Gasteiger charge is -2.07. The Hall–Kier alpha value is -1.70. The number of nitrogen functional groups attached to an aromatic ring is 2. The van der Waals surface area contributed by atoms with Gasteiger partial charge in [-0.15, -0.1) is 0 Å². The van der Waals surface area contributed by atoms with Crippen LogP contribution in [0.2, 0.25) is 0 Å². The molecule has 0 saturated carbocycles. The van der Waals surface area contributed by atoms with Gasteiger partial charge in [0.1, 0.15) is 0 Å². The minimum absolute atomic E-state index is 0.658. The third kappa shape index (κ3) is 1.29. The van der Waals surface area contributed by atoms with Crippen LogP contribution in [-0.4, -0.2) is 0 Å². The lowest BCUT2D eigenvalue weighted by molar-refractivity contribution is 1.16. The summed E-state index contributed by atoms with van der Waals surface area (Å²) in [7, 11) is 0. The number of benzene rings is 2. The van der Waals surface area contributed by atoms with Crippen molar-refractivity contribution in [2.24, 2.45) is 0 Å². The molecule has 0 aliphatic rings. The molecule has 0 heterocycles. The van der Waals surface area contributed by atoms with Gasteiger partial charge in [0.15, 0.2) is 0 Å². The van der Waals surface area contributed by atoms with Crippen molar-refractivity contribution in [2.45, 2.75) is 13.3 Å². The number of anilines is 2. The molecule has 0 aliphatic carbocycles. The lowest BCUT2D eigenvalue weighted by atomic mass is 10.0. The fraction of sp³-hybridized carbons (Fsp3) is 0.167. The molecule has 14 heavy (non-hydrogen) atoms. The fourth-order valence-electron chi connectivity index (χ4n) is 1.73. The summed E-state index contributed by atoms with van der Waals surface area (Å²) in [4.78, 5) is 0. The number of nitrogens with two attached hydrogens (primary N) is 2. The van der Waals surface area contributed by atoms with Gasteiger partial charge in [-0.2, -0.15) is 0 Å². The molecule has 0 radical (unpaired) electrons. The Bertz CT molecular complexity index is 475. The van der Waals surface area contributed by atoms with Crippen molar-refractivity contribution in [3.63, 3.8) is 0 Å². The molecule has 0 amide bonds. The van der Waals surface area contributed by atoms with E-state index in [0.29, 0.717) is 11.4 Å². The van der Waals surface area contributed by atoms with Crippen LogP contribution in [0.25, 0.3) is 10.8 Å². The highest BCUT2D eigenvalue weighted by Crippen LogP contribution is 2.26. The van der Waals surface area contributed by atoms with Gasteiger partial charge >= 0.3 is 0 Å². The molecule has 0 spiro atoms. The second kappa shape index (κ2) is 3.22. The van der Waals surface area contributed by atoms with E-state index in [4.69, 9.17) is 11.5 Å². The maximum Gasteiger partial charge on any atom is 0.0554 e. The monoisotopic (exact) mass is 186 g/mol. The first-order valence-electron chi connectivity index (χ1n) is 4.79. The van der Waals surface area contributed by atoms with Crippen LogP contribution in [-0.2, 0) is 6.42 Å². The Morgan fingerprint density at radius 1 is 1.07 bits per heavy atom. The molecule has 0 aliphatic heterocycles. The highest BCUT2D eigenvalue weighted by molar-refractivity contribution is 5.92. The lowest BCUT2D eigenvalue weighted by Crippen LogP contribution is -1.95. The van der Waals surface area contributed by atoms with Gasteiger partial charge in [0.25, 0.3) is 0 Å². The van der Waals surface area contributed by atoms with Gasteiger partial charge in [-0.3, -0.25) is 0 Å². The van der Waals surface area contributed by atoms with E-state index in [9.17, 15) is 0 Å². The van der Waals surface area contributed by atoms with Crippen LogP contribution in [0.5, 0.6) is 0 Å². The summed E-state index contributed by atoms with van der Waals surface area (Å²) in [6.45, 7) is 2.14. The van der Waals surface area contributed by atoms with Crippen molar-refractivity contribution in [3.05, 3.63) is 35.9 Å². The number of hydrogen-bond acceptors (Lipinski definition) is 2. The zero-order valence-corrected chi connectivity index (χ0v) is 8.25. The third-order valence-electron chi connectivity index (χ3n) is 2.56. The Morgan fingerprint density at radius 3 is 2.50 bits per heavy atom. The number of aryl methyl sites for hydroxylation is 1. The van der Waals surface area contributed by atoms with Crippen LogP contribution < -0.4 is 11.5 Å². The molecule has 0 unspecified atom stereocenters. The summed E-state index contributed by atoms with van der Waals surface area (Å²) in [6.07, 6.45) is 1.01. The molecule has 0 bridgehead atoms. The molecule has 2 heteroatoms. The Morgan fingerprint density at radius 2 is 1.79 bits per heavy atom. The van der Waals surface area contributed by atoms with Crippen molar-refractivity contribution < 1.29 is 0 Å². The Kier molecular flexibility index (Phi) is 2.04. The number of rotatable bonds is 1. The smallest absolute Gasteiger partial charge is 0.0554 e. The molecule has 4 N–H and O–H groups in total. The number of hydrogen-bond donors (Lipinski definition) is 2. The summed E-state index contributed by atoms with van der Waals surface area (Å²) in [5, 5.41) is 2.37. The van der Waals surface area contributed by atoms with Crippen LogP contribution in [0.1, 0.15) is 12.5 Å². The van der Waals surface area contributed by atoms with Crippen molar-refractivity contribution >= 4 is 22.1 Å². The topological polar surface area (TPSA) is 52.0 Å². The molecule has 0 saturated heterocycles. The van der Waals surface area contributed by atoms with Gasteiger partial charge in [0, 0.05) is 0 Å². The van der Waals surface area contributed by atoms with E-state index in [1.807, 2.05) is 12.1 Å². The zero-order chi connectivity index (χ0) is 10.1. The second-order valence-electron chi connectivity index (χ2n) is 3.47. The molecule has 0 fully saturated rings. The van der Waals surface area contributed by atoms with Crippen LogP contribution >= 0.6 is 0 Å². The first-order valence-corrected chi connectivity index (χ1v) is 4.79. The summed E-state index contributed by atoms with van der Waals surface area (Å²) in [6, 6.07) is 10.1. The predicted octanol–water partition coefficient (Wildman–Crippen LogP) is 2.57. The van der Waals surface area contributed by atoms with Gasteiger partial charge in [-0.1, -0.05) is 25.1 Å². The zero-order valence-electron chi connectivity index (χ0n) is 8.25. The minimum atomic E-state index is 0.658. The quantitative estimate of drug-likeness (QED) is 0.672. The van der Waals surface area contributed by atoms with Crippen LogP contribution in [0, 0.1) is 0 Å². The molecular weight excluding hydrogens is 172 g/mol. The average Bonchev–Trinajstić information content (AvgIpc) is 2.19. The second-order valence-corrected chi connectivity index (χ2v) is 3.47. The largest absolute Gasteiger partial charge is 0.397 e. The summed E-state index contributed by atoms with van der Waals surface area (Å²) >= 11 is 0. The third-order valence-corrected chi connectivity index (χ3v) is 2.56. The maximum atomic E-state index is 5.78. The normalized spacial score (nSPS) is 10.6. The van der Waals surface area contributed by atoms with Gasteiger partial charge in [0.2, 0.25) is 0 Å². The van der Waals surface area contributed by atoms with Crippen LogP contribution in [0.15, 0.2) is 30.3 Å². The first-order chi connectivity index (χ1) is 6.72.